The van der Waals surface area contributed by atoms with E-state index in [4.69, 9.17) is 22.1 Å². The van der Waals surface area contributed by atoms with Crippen LogP contribution in [0.2, 0.25) is 5.02 Å². The molecule has 0 bridgehead atoms. The maximum Gasteiger partial charge on any atom is 0.223 e. The summed E-state index contributed by atoms with van der Waals surface area (Å²) in [7, 11) is 1.62. The smallest absolute Gasteiger partial charge is 0.223 e. The molecule has 1 amide bonds. The molecule has 1 heterocycles. The van der Waals surface area contributed by atoms with Crippen molar-refractivity contribution in [2.45, 2.75) is 44.9 Å². The Kier molecular flexibility index (Phi) is 8.87. The highest BCUT2D eigenvalue weighted by atomic mass is 35.5. The van der Waals surface area contributed by atoms with E-state index >= 15 is 0 Å². The van der Waals surface area contributed by atoms with Gasteiger partial charge in [0.2, 0.25) is 5.91 Å². The second-order valence-electron chi connectivity index (χ2n) is 9.14. The first-order valence-electron chi connectivity index (χ1n) is 11.4. The first-order valence-corrected chi connectivity index (χ1v) is 11.8. The van der Waals surface area contributed by atoms with Gasteiger partial charge < -0.3 is 15.4 Å². The lowest BCUT2D eigenvalue weighted by Gasteiger charge is -2.35. The third-order valence-electron chi connectivity index (χ3n) is 7.18. The van der Waals surface area contributed by atoms with Gasteiger partial charge in [0.25, 0.3) is 0 Å². The normalized spacial score (nSPS) is 24.1. The molecule has 1 aliphatic carbocycles. The van der Waals surface area contributed by atoms with Crippen LogP contribution in [-0.2, 0) is 9.53 Å². The van der Waals surface area contributed by atoms with E-state index in [0.717, 1.165) is 64.6 Å². The van der Waals surface area contributed by atoms with Gasteiger partial charge in [0.15, 0.2) is 5.78 Å². The Bertz CT molecular complexity index is 759. The van der Waals surface area contributed by atoms with Gasteiger partial charge in [0, 0.05) is 18.6 Å². The third-order valence-corrected chi connectivity index (χ3v) is 7.49. The Labute approximate surface area is 189 Å². The zero-order chi connectivity index (χ0) is 22.4. The Hall–Kier alpha value is -1.50. The number of nitrogens with zero attached hydrogens (tertiary/aromatic N) is 1. The van der Waals surface area contributed by atoms with Crippen LogP contribution in [0.25, 0.3) is 0 Å². The second kappa shape index (κ2) is 11.4. The topological polar surface area (TPSA) is 72.6 Å². The number of carbonyl (C=O) groups is 2. The van der Waals surface area contributed by atoms with Gasteiger partial charge in [0.1, 0.15) is 5.82 Å². The molecule has 1 aliphatic heterocycles. The molecule has 2 N–H and O–H groups in total. The molecule has 1 aromatic carbocycles. The average Bonchev–Trinajstić information content (AvgIpc) is 2.76. The number of methoxy groups -OCH3 is 1. The molecule has 0 radical (unpaired) electrons. The zero-order valence-corrected chi connectivity index (χ0v) is 19.1. The maximum atomic E-state index is 13.2. The standard InChI is InChI=1S/C24H34ClFN2O3/c1-31-15-21(24(27)30)17-4-2-16(3-5-17)8-11-28-12-9-18(10-13-28)23(29)20-7-6-19(26)14-22(20)25/h6-7,14,16-18,21H,2-5,8-13,15H2,1H3,(H2,27,30). The van der Waals surface area contributed by atoms with Gasteiger partial charge in [-0.05, 0) is 81.8 Å². The van der Waals surface area contributed by atoms with Crippen molar-refractivity contribution in [2.24, 2.45) is 29.4 Å². The summed E-state index contributed by atoms with van der Waals surface area (Å²) in [5.74, 6) is 0.179. The van der Waals surface area contributed by atoms with Crippen LogP contribution in [0.4, 0.5) is 4.39 Å². The summed E-state index contributed by atoms with van der Waals surface area (Å²) in [6.45, 7) is 3.27. The number of ether oxygens (including phenoxy) is 1. The Morgan fingerprint density at radius 3 is 2.45 bits per heavy atom. The number of ketones is 1. The predicted molar refractivity (Wildman–Crippen MR) is 120 cm³/mol. The summed E-state index contributed by atoms with van der Waals surface area (Å²) in [4.78, 5) is 26.9. The summed E-state index contributed by atoms with van der Waals surface area (Å²) in [5.41, 5.74) is 5.99. The average molecular weight is 453 g/mol. The molecule has 1 atom stereocenters. The fourth-order valence-electron chi connectivity index (χ4n) is 5.20. The highest BCUT2D eigenvalue weighted by Gasteiger charge is 2.32. The van der Waals surface area contributed by atoms with E-state index in [1.807, 2.05) is 0 Å². The number of hydrogen-bond donors (Lipinski definition) is 1. The minimum Gasteiger partial charge on any atom is -0.384 e. The van der Waals surface area contributed by atoms with E-state index in [9.17, 15) is 14.0 Å². The first kappa shape index (κ1) is 24.1. The molecule has 1 unspecified atom stereocenters. The molecular weight excluding hydrogens is 419 g/mol. The maximum absolute atomic E-state index is 13.2. The van der Waals surface area contributed by atoms with E-state index < -0.39 is 5.82 Å². The van der Waals surface area contributed by atoms with E-state index in [1.54, 1.807) is 7.11 Å². The predicted octanol–water partition coefficient (Wildman–Crippen LogP) is 4.32. The van der Waals surface area contributed by atoms with Crippen LogP contribution in [0.5, 0.6) is 0 Å². The molecule has 7 heteroatoms. The largest absolute Gasteiger partial charge is 0.384 e. The van der Waals surface area contributed by atoms with E-state index in [1.165, 1.54) is 18.2 Å². The second-order valence-corrected chi connectivity index (χ2v) is 9.55. The van der Waals surface area contributed by atoms with Crippen LogP contribution in [0, 0.1) is 29.5 Å². The van der Waals surface area contributed by atoms with Crippen molar-refractivity contribution in [1.29, 1.82) is 0 Å². The first-order chi connectivity index (χ1) is 14.9. The van der Waals surface area contributed by atoms with Gasteiger partial charge in [-0.25, -0.2) is 4.39 Å². The van der Waals surface area contributed by atoms with Gasteiger partial charge in [-0.3, -0.25) is 9.59 Å². The zero-order valence-electron chi connectivity index (χ0n) is 18.3. The quantitative estimate of drug-likeness (QED) is 0.566. The summed E-state index contributed by atoms with van der Waals surface area (Å²) < 4.78 is 18.4. The SMILES string of the molecule is COCC(C(N)=O)C1CCC(CCN2CCC(C(=O)c3ccc(F)cc3Cl)CC2)CC1. The van der Waals surface area contributed by atoms with Crippen molar-refractivity contribution in [2.75, 3.05) is 33.4 Å². The minimum absolute atomic E-state index is 0.0306. The number of nitrogens with two attached hydrogens (primary N) is 1. The molecular formula is C24H34ClFN2O3. The lowest BCUT2D eigenvalue weighted by atomic mass is 9.74. The third kappa shape index (κ3) is 6.50. The number of hydrogen-bond acceptors (Lipinski definition) is 4. The summed E-state index contributed by atoms with van der Waals surface area (Å²) in [5, 5.41) is 0.201. The van der Waals surface area contributed by atoms with Gasteiger partial charge in [-0.2, -0.15) is 0 Å². The molecule has 0 aromatic heterocycles. The molecule has 1 saturated heterocycles. The highest BCUT2D eigenvalue weighted by Crippen LogP contribution is 2.35. The number of benzene rings is 1. The number of rotatable bonds is 9. The molecule has 2 fully saturated rings. The summed E-state index contributed by atoms with van der Waals surface area (Å²) >= 11 is 6.07. The van der Waals surface area contributed by atoms with Crippen molar-refractivity contribution in [3.05, 3.63) is 34.6 Å². The van der Waals surface area contributed by atoms with Crippen molar-refractivity contribution in [3.8, 4) is 0 Å². The molecule has 31 heavy (non-hydrogen) atoms. The van der Waals surface area contributed by atoms with Crippen molar-refractivity contribution in [1.82, 2.24) is 4.90 Å². The van der Waals surface area contributed by atoms with Crippen molar-refractivity contribution >= 4 is 23.3 Å². The molecule has 172 valence electrons. The number of primary amides is 1. The highest BCUT2D eigenvalue weighted by molar-refractivity contribution is 6.34. The Morgan fingerprint density at radius 2 is 1.87 bits per heavy atom. The van der Waals surface area contributed by atoms with Gasteiger partial charge >= 0.3 is 0 Å². The van der Waals surface area contributed by atoms with Gasteiger partial charge in [0.05, 0.1) is 17.5 Å². The minimum atomic E-state index is -0.422. The number of Topliss-reactive ketones (excluding diaryl/α,β-unsaturated/α-hetero) is 1. The van der Waals surface area contributed by atoms with Gasteiger partial charge in [-0.15, -0.1) is 0 Å². The van der Waals surface area contributed by atoms with E-state index in [2.05, 4.69) is 4.90 Å². The number of likely N-dealkylation sites (tertiary alicyclic amines) is 1. The molecule has 3 rings (SSSR count). The van der Waals surface area contributed by atoms with Crippen molar-refractivity contribution < 1.29 is 18.7 Å². The monoisotopic (exact) mass is 452 g/mol. The number of halogens is 2. The number of amides is 1. The summed E-state index contributed by atoms with van der Waals surface area (Å²) in [6.07, 6.45) is 7.13. The van der Waals surface area contributed by atoms with Crippen LogP contribution in [-0.4, -0.2) is 49.9 Å². The van der Waals surface area contributed by atoms with Crippen LogP contribution in [0.15, 0.2) is 18.2 Å². The Balaban J connectivity index is 1.39. The fraction of sp³-hybridized carbons (Fsp3) is 0.667. The lowest BCUT2D eigenvalue weighted by Crippen LogP contribution is -2.38. The summed E-state index contributed by atoms with van der Waals surface area (Å²) in [6, 6.07) is 4.00. The molecule has 1 aromatic rings. The molecule has 2 aliphatic rings. The van der Waals surface area contributed by atoms with Gasteiger partial charge in [-0.1, -0.05) is 24.4 Å². The number of carbonyl (C=O) groups excluding carboxylic acids is 2. The number of piperidine rings is 1. The fourth-order valence-corrected chi connectivity index (χ4v) is 5.46. The molecule has 5 nitrogen and oxygen atoms in total. The van der Waals surface area contributed by atoms with Crippen molar-refractivity contribution in [3.63, 3.8) is 0 Å². The van der Waals surface area contributed by atoms with Crippen LogP contribution in [0.3, 0.4) is 0 Å². The molecule has 0 spiro atoms. The van der Waals surface area contributed by atoms with Crippen LogP contribution < -0.4 is 5.73 Å². The van der Waals surface area contributed by atoms with E-state index in [0.29, 0.717) is 24.0 Å². The lowest BCUT2D eigenvalue weighted by molar-refractivity contribution is -0.126. The van der Waals surface area contributed by atoms with Crippen LogP contribution in [0.1, 0.15) is 55.3 Å². The Morgan fingerprint density at radius 1 is 1.19 bits per heavy atom. The van der Waals surface area contributed by atoms with Crippen LogP contribution >= 0.6 is 11.6 Å². The van der Waals surface area contributed by atoms with E-state index in [-0.39, 0.29) is 28.5 Å². The molecule has 1 saturated carbocycles.